The molecule has 1 aliphatic carbocycles. The van der Waals surface area contributed by atoms with E-state index in [0.717, 1.165) is 18.8 Å². The van der Waals surface area contributed by atoms with E-state index in [1.54, 1.807) is 18.2 Å². The first kappa shape index (κ1) is 23.7. The fourth-order valence-electron chi connectivity index (χ4n) is 4.40. The number of hydrogen-bond donors (Lipinski definition) is 1. The second kappa shape index (κ2) is 10.3. The summed E-state index contributed by atoms with van der Waals surface area (Å²) in [5.74, 6) is -0.171. The van der Waals surface area contributed by atoms with Gasteiger partial charge in [-0.3, -0.25) is 9.59 Å². The van der Waals surface area contributed by atoms with Gasteiger partial charge in [0.15, 0.2) is 11.0 Å². The number of anilines is 1. The summed E-state index contributed by atoms with van der Waals surface area (Å²) in [5.41, 5.74) is 1.77. The molecule has 184 valence electrons. The summed E-state index contributed by atoms with van der Waals surface area (Å²) >= 11 is 6.30. The van der Waals surface area contributed by atoms with E-state index in [4.69, 9.17) is 35.3 Å². The van der Waals surface area contributed by atoms with Crippen molar-refractivity contribution in [3.05, 3.63) is 57.7 Å². The van der Waals surface area contributed by atoms with Gasteiger partial charge in [0.2, 0.25) is 0 Å². The van der Waals surface area contributed by atoms with Gasteiger partial charge in [0, 0.05) is 30.9 Å². The number of rotatable bonds is 8. The topological polar surface area (TPSA) is 98.4 Å². The molecule has 8 nitrogen and oxygen atoms in total. The van der Waals surface area contributed by atoms with E-state index in [1.807, 2.05) is 18.2 Å². The number of nitrogens with zero attached hydrogens (tertiary/aromatic N) is 1. The Morgan fingerprint density at radius 2 is 1.91 bits per heavy atom. The van der Waals surface area contributed by atoms with Crippen molar-refractivity contribution in [2.45, 2.75) is 18.9 Å². The number of carboxylic acid groups (broad SMARTS) is 1. The summed E-state index contributed by atoms with van der Waals surface area (Å²) in [6.45, 7) is 3.45. The smallest absolute Gasteiger partial charge is 0.306 e. The lowest BCUT2D eigenvalue weighted by molar-refractivity contribution is -0.151. The minimum Gasteiger partial charge on any atom is -0.490 e. The lowest BCUT2D eigenvalue weighted by atomic mass is 9.82. The lowest BCUT2D eigenvalue weighted by Gasteiger charge is -2.32. The Balaban J connectivity index is 1.38. The van der Waals surface area contributed by atoms with Crippen LogP contribution in [0, 0.1) is 5.92 Å². The van der Waals surface area contributed by atoms with Crippen LogP contribution in [0.4, 0.5) is 5.69 Å². The zero-order chi connectivity index (χ0) is 24.4. The van der Waals surface area contributed by atoms with E-state index < -0.39 is 5.97 Å². The molecule has 35 heavy (non-hydrogen) atoms. The van der Waals surface area contributed by atoms with Gasteiger partial charge >= 0.3 is 5.97 Å². The molecule has 2 heterocycles. The number of hydrogen-bond acceptors (Lipinski definition) is 7. The first-order valence-electron chi connectivity index (χ1n) is 11.7. The number of ether oxygens (including phenoxy) is 3. The molecule has 0 amide bonds. The molecule has 1 saturated carbocycles. The highest BCUT2D eigenvalue weighted by atomic mass is 35.5. The number of carboxylic acids is 1. The molecule has 0 unspecified atom stereocenters. The summed E-state index contributed by atoms with van der Waals surface area (Å²) < 4.78 is 23.4. The maximum atomic E-state index is 12.8. The molecule has 0 atom stereocenters. The van der Waals surface area contributed by atoms with Crippen molar-refractivity contribution in [2.75, 3.05) is 44.4 Å². The van der Waals surface area contributed by atoms with Crippen LogP contribution < -0.4 is 15.1 Å². The Morgan fingerprint density at radius 1 is 1.11 bits per heavy atom. The van der Waals surface area contributed by atoms with Crippen LogP contribution in [-0.2, 0) is 14.3 Å². The van der Waals surface area contributed by atoms with Crippen LogP contribution in [-0.4, -0.2) is 56.7 Å². The Kier molecular flexibility index (Phi) is 6.95. The summed E-state index contributed by atoms with van der Waals surface area (Å²) in [6.07, 6.45) is 0.992. The van der Waals surface area contributed by atoms with Crippen molar-refractivity contribution < 1.29 is 28.5 Å². The maximum Gasteiger partial charge on any atom is 0.306 e. The predicted molar refractivity (Wildman–Crippen MR) is 132 cm³/mol. The van der Waals surface area contributed by atoms with Crippen molar-refractivity contribution in [3.8, 4) is 17.1 Å². The van der Waals surface area contributed by atoms with Crippen LogP contribution in [0.15, 0.2) is 51.7 Å². The van der Waals surface area contributed by atoms with E-state index in [9.17, 15) is 9.59 Å². The van der Waals surface area contributed by atoms with Crippen molar-refractivity contribution >= 4 is 34.2 Å². The van der Waals surface area contributed by atoms with Crippen LogP contribution in [0.2, 0.25) is 5.02 Å². The van der Waals surface area contributed by atoms with E-state index in [0.29, 0.717) is 65.7 Å². The molecule has 0 spiro atoms. The van der Waals surface area contributed by atoms with Gasteiger partial charge in [0.05, 0.1) is 47.8 Å². The average molecular weight is 500 g/mol. The van der Waals surface area contributed by atoms with Crippen LogP contribution in [0.25, 0.3) is 22.3 Å². The van der Waals surface area contributed by atoms with Crippen LogP contribution in [0.3, 0.4) is 0 Å². The SMILES string of the molecule is O=C(O)C1CC(OCCOc2cc(N3CCOCC3)ccc2-c2cc(=O)c3cccc(Cl)c3o2)C1. The minimum atomic E-state index is -0.775. The van der Waals surface area contributed by atoms with Crippen molar-refractivity contribution in [1.82, 2.24) is 0 Å². The monoisotopic (exact) mass is 499 g/mol. The molecule has 0 radical (unpaired) electrons. The molecular weight excluding hydrogens is 474 g/mol. The highest BCUT2D eigenvalue weighted by Gasteiger charge is 2.35. The Hall–Kier alpha value is -3.07. The average Bonchev–Trinajstić information content (AvgIpc) is 2.83. The normalized spacial score (nSPS) is 20.0. The van der Waals surface area contributed by atoms with E-state index in [1.165, 1.54) is 6.07 Å². The number of fused-ring (bicyclic) bond motifs is 1. The number of halogens is 1. The minimum absolute atomic E-state index is 0.0560. The van der Waals surface area contributed by atoms with Gasteiger partial charge in [0.25, 0.3) is 0 Å². The second-order valence-electron chi connectivity index (χ2n) is 8.72. The molecule has 9 heteroatoms. The fourth-order valence-corrected chi connectivity index (χ4v) is 4.61. The van der Waals surface area contributed by atoms with Gasteiger partial charge in [-0.15, -0.1) is 0 Å². The van der Waals surface area contributed by atoms with Gasteiger partial charge in [-0.25, -0.2) is 0 Å². The van der Waals surface area contributed by atoms with E-state index in [2.05, 4.69) is 4.90 Å². The number of para-hydroxylation sites is 1. The first-order chi connectivity index (χ1) is 17.0. The molecule has 1 aromatic heterocycles. The van der Waals surface area contributed by atoms with E-state index in [-0.39, 0.29) is 24.1 Å². The highest BCUT2D eigenvalue weighted by Crippen LogP contribution is 2.36. The summed E-state index contributed by atoms with van der Waals surface area (Å²) in [6, 6.07) is 12.3. The Labute approximate surface area is 206 Å². The number of morpholine rings is 1. The molecule has 2 aromatic carbocycles. The van der Waals surface area contributed by atoms with Gasteiger partial charge in [-0.05, 0) is 37.1 Å². The molecule has 0 bridgehead atoms. The van der Waals surface area contributed by atoms with Crippen molar-refractivity contribution in [3.63, 3.8) is 0 Å². The molecule has 1 N–H and O–H groups in total. The Bertz CT molecular complexity index is 1280. The maximum absolute atomic E-state index is 12.8. The number of benzene rings is 2. The zero-order valence-corrected chi connectivity index (χ0v) is 19.8. The molecular formula is C26H26ClNO7. The van der Waals surface area contributed by atoms with Crippen LogP contribution >= 0.6 is 11.6 Å². The fraction of sp³-hybridized carbons (Fsp3) is 0.385. The summed E-state index contributed by atoms with van der Waals surface area (Å²) in [5, 5.41) is 9.80. The summed E-state index contributed by atoms with van der Waals surface area (Å²) in [4.78, 5) is 25.9. The molecule has 5 rings (SSSR count). The lowest BCUT2D eigenvalue weighted by Crippen LogP contribution is -2.37. The summed E-state index contributed by atoms with van der Waals surface area (Å²) in [7, 11) is 0. The highest BCUT2D eigenvalue weighted by molar-refractivity contribution is 6.34. The van der Waals surface area contributed by atoms with Crippen LogP contribution in [0.1, 0.15) is 12.8 Å². The van der Waals surface area contributed by atoms with Gasteiger partial charge in [-0.1, -0.05) is 17.7 Å². The predicted octanol–water partition coefficient (Wildman–Crippen LogP) is 4.21. The van der Waals surface area contributed by atoms with Gasteiger partial charge in [0.1, 0.15) is 18.1 Å². The quantitative estimate of drug-likeness (QED) is 0.460. The molecule has 1 aliphatic heterocycles. The van der Waals surface area contributed by atoms with Crippen LogP contribution in [0.5, 0.6) is 5.75 Å². The number of carbonyl (C=O) groups is 1. The van der Waals surface area contributed by atoms with Crippen molar-refractivity contribution in [1.29, 1.82) is 0 Å². The van der Waals surface area contributed by atoms with Crippen molar-refractivity contribution in [2.24, 2.45) is 5.92 Å². The number of aliphatic carboxylic acids is 1. The Morgan fingerprint density at radius 3 is 2.69 bits per heavy atom. The molecule has 1 saturated heterocycles. The largest absolute Gasteiger partial charge is 0.490 e. The third-order valence-electron chi connectivity index (χ3n) is 6.45. The second-order valence-corrected chi connectivity index (χ2v) is 9.13. The molecule has 3 aromatic rings. The van der Waals surface area contributed by atoms with E-state index >= 15 is 0 Å². The molecule has 2 aliphatic rings. The first-order valence-corrected chi connectivity index (χ1v) is 12.0. The van der Waals surface area contributed by atoms with Gasteiger partial charge < -0.3 is 28.6 Å². The third-order valence-corrected chi connectivity index (χ3v) is 6.75. The van der Waals surface area contributed by atoms with Gasteiger partial charge in [-0.2, -0.15) is 0 Å². The third kappa shape index (κ3) is 5.15. The zero-order valence-electron chi connectivity index (χ0n) is 19.1. The standard InChI is InChI=1S/C26H26ClNO7/c27-21-3-1-2-19-22(29)15-24(35-25(19)21)20-5-4-17(28-6-8-32-9-7-28)14-23(20)34-11-10-33-18-12-16(13-18)26(30)31/h1-5,14-16,18H,6-13H2,(H,30,31). The molecule has 2 fully saturated rings.